The molecule has 0 fully saturated rings. The van der Waals surface area contributed by atoms with Crippen LogP contribution >= 0.6 is 15.9 Å². The standard InChI is InChI=1S/C17H13BrN2O/c18-16-10-4-9-15(20-16)17(21)19-11-13-7-3-6-12-5-1-2-8-14(12)13/h1-10H,11H2,(H,19,21). The van der Waals surface area contributed by atoms with E-state index in [1.807, 2.05) is 24.3 Å². The molecule has 3 aromatic rings. The maximum Gasteiger partial charge on any atom is 0.270 e. The number of amides is 1. The molecule has 1 heterocycles. The first-order valence-corrected chi connectivity index (χ1v) is 7.41. The number of halogens is 1. The van der Waals surface area contributed by atoms with Crippen LogP contribution in [0.1, 0.15) is 16.1 Å². The minimum Gasteiger partial charge on any atom is -0.347 e. The summed E-state index contributed by atoms with van der Waals surface area (Å²) in [7, 11) is 0. The highest BCUT2D eigenvalue weighted by Crippen LogP contribution is 2.18. The van der Waals surface area contributed by atoms with Crippen LogP contribution in [0.3, 0.4) is 0 Å². The van der Waals surface area contributed by atoms with Crippen molar-refractivity contribution in [1.29, 1.82) is 0 Å². The highest BCUT2D eigenvalue weighted by atomic mass is 79.9. The Labute approximate surface area is 131 Å². The average molecular weight is 341 g/mol. The predicted molar refractivity (Wildman–Crippen MR) is 87.1 cm³/mol. The number of fused-ring (bicyclic) bond motifs is 1. The van der Waals surface area contributed by atoms with E-state index in [9.17, 15) is 4.79 Å². The molecule has 0 spiro atoms. The molecule has 0 aliphatic rings. The van der Waals surface area contributed by atoms with E-state index in [0.717, 1.165) is 10.9 Å². The number of hydrogen-bond donors (Lipinski definition) is 1. The second-order valence-electron chi connectivity index (χ2n) is 4.67. The average Bonchev–Trinajstić information content (AvgIpc) is 2.52. The van der Waals surface area contributed by atoms with Gasteiger partial charge in [-0.3, -0.25) is 4.79 Å². The minimum absolute atomic E-state index is 0.177. The van der Waals surface area contributed by atoms with Gasteiger partial charge in [-0.15, -0.1) is 0 Å². The molecule has 1 amide bonds. The van der Waals surface area contributed by atoms with Gasteiger partial charge in [0.1, 0.15) is 10.3 Å². The molecule has 2 aromatic carbocycles. The number of hydrogen-bond acceptors (Lipinski definition) is 2. The first kappa shape index (κ1) is 13.8. The molecule has 1 N–H and O–H groups in total. The quantitative estimate of drug-likeness (QED) is 0.734. The molecule has 0 bridgehead atoms. The summed E-state index contributed by atoms with van der Waals surface area (Å²) in [5.74, 6) is -0.177. The molecule has 104 valence electrons. The molecule has 3 nitrogen and oxygen atoms in total. The molecule has 21 heavy (non-hydrogen) atoms. The van der Waals surface area contributed by atoms with E-state index < -0.39 is 0 Å². The monoisotopic (exact) mass is 340 g/mol. The van der Waals surface area contributed by atoms with Crippen LogP contribution in [0.25, 0.3) is 10.8 Å². The molecule has 0 radical (unpaired) electrons. The van der Waals surface area contributed by atoms with Crippen molar-refractivity contribution in [3.8, 4) is 0 Å². The van der Waals surface area contributed by atoms with Crippen molar-refractivity contribution in [1.82, 2.24) is 10.3 Å². The van der Waals surface area contributed by atoms with E-state index in [1.165, 1.54) is 5.39 Å². The number of carbonyl (C=O) groups excluding carboxylic acids is 1. The Morgan fingerprint density at radius 2 is 1.76 bits per heavy atom. The van der Waals surface area contributed by atoms with Crippen molar-refractivity contribution < 1.29 is 4.79 Å². The molecular formula is C17H13BrN2O. The van der Waals surface area contributed by atoms with E-state index in [1.54, 1.807) is 18.2 Å². The lowest BCUT2D eigenvalue weighted by molar-refractivity contribution is 0.0946. The maximum atomic E-state index is 12.1. The Balaban J connectivity index is 1.79. The number of rotatable bonds is 3. The molecule has 0 atom stereocenters. The van der Waals surface area contributed by atoms with E-state index in [0.29, 0.717) is 16.8 Å². The summed E-state index contributed by atoms with van der Waals surface area (Å²) in [5, 5.41) is 5.24. The summed E-state index contributed by atoms with van der Waals surface area (Å²) < 4.78 is 0.653. The van der Waals surface area contributed by atoms with Gasteiger partial charge in [0.15, 0.2) is 0 Å². The second kappa shape index (κ2) is 6.06. The zero-order valence-corrected chi connectivity index (χ0v) is 12.8. The summed E-state index contributed by atoms with van der Waals surface area (Å²) in [6.07, 6.45) is 0. The molecule has 1 aromatic heterocycles. The van der Waals surface area contributed by atoms with Crippen molar-refractivity contribution in [3.63, 3.8) is 0 Å². The predicted octanol–water partition coefficient (Wildman–Crippen LogP) is 3.93. The van der Waals surface area contributed by atoms with Gasteiger partial charge in [0.05, 0.1) is 0 Å². The van der Waals surface area contributed by atoms with Gasteiger partial charge < -0.3 is 5.32 Å². The van der Waals surface area contributed by atoms with E-state index >= 15 is 0 Å². The van der Waals surface area contributed by atoms with Crippen molar-refractivity contribution in [2.45, 2.75) is 6.54 Å². The molecule has 4 heteroatoms. The molecule has 0 aliphatic carbocycles. The Hall–Kier alpha value is -2.20. The molecular weight excluding hydrogens is 328 g/mol. The number of aromatic nitrogens is 1. The lowest BCUT2D eigenvalue weighted by atomic mass is 10.0. The van der Waals surface area contributed by atoms with Crippen LogP contribution in [-0.2, 0) is 6.54 Å². The fourth-order valence-corrected chi connectivity index (χ4v) is 2.59. The van der Waals surface area contributed by atoms with Crippen molar-refractivity contribution in [2.24, 2.45) is 0 Å². The lowest BCUT2D eigenvalue weighted by Crippen LogP contribution is -2.23. The van der Waals surface area contributed by atoms with Gasteiger partial charge in [-0.25, -0.2) is 4.98 Å². The Morgan fingerprint density at radius 1 is 1.00 bits per heavy atom. The van der Waals surface area contributed by atoms with Crippen LogP contribution in [0.5, 0.6) is 0 Å². The van der Waals surface area contributed by atoms with Gasteiger partial charge >= 0.3 is 0 Å². The van der Waals surface area contributed by atoms with Gasteiger partial charge in [0.2, 0.25) is 0 Å². The fourth-order valence-electron chi connectivity index (χ4n) is 2.25. The van der Waals surface area contributed by atoms with Crippen molar-refractivity contribution in [3.05, 3.63) is 76.5 Å². The molecule has 0 aliphatic heterocycles. The van der Waals surface area contributed by atoms with Gasteiger partial charge in [0.25, 0.3) is 5.91 Å². The van der Waals surface area contributed by atoms with Gasteiger partial charge in [-0.05, 0) is 44.4 Å². The van der Waals surface area contributed by atoms with Crippen LogP contribution < -0.4 is 5.32 Å². The Morgan fingerprint density at radius 3 is 2.62 bits per heavy atom. The van der Waals surface area contributed by atoms with E-state index in [2.05, 4.69) is 44.4 Å². The molecule has 0 saturated heterocycles. The highest BCUT2D eigenvalue weighted by Gasteiger charge is 2.08. The SMILES string of the molecule is O=C(NCc1cccc2ccccc12)c1cccc(Br)n1. The van der Waals surface area contributed by atoms with Crippen molar-refractivity contribution >= 4 is 32.6 Å². The molecule has 3 rings (SSSR count). The van der Waals surface area contributed by atoms with Crippen LogP contribution in [0.4, 0.5) is 0 Å². The van der Waals surface area contributed by atoms with Crippen LogP contribution in [-0.4, -0.2) is 10.9 Å². The summed E-state index contributed by atoms with van der Waals surface area (Å²) >= 11 is 3.27. The molecule has 0 unspecified atom stereocenters. The lowest BCUT2D eigenvalue weighted by Gasteiger charge is -2.08. The first-order valence-electron chi connectivity index (χ1n) is 6.61. The van der Waals surface area contributed by atoms with Crippen LogP contribution in [0.15, 0.2) is 65.3 Å². The third-order valence-electron chi connectivity index (χ3n) is 3.27. The third-order valence-corrected chi connectivity index (χ3v) is 3.71. The summed E-state index contributed by atoms with van der Waals surface area (Å²) in [6, 6.07) is 19.5. The smallest absolute Gasteiger partial charge is 0.270 e. The van der Waals surface area contributed by atoms with Crippen LogP contribution in [0.2, 0.25) is 0 Å². The maximum absolute atomic E-state index is 12.1. The topological polar surface area (TPSA) is 42.0 Å². The van der Waals surface area contributed by atoms with E-state index in [-0.39, 0.29) is 5.91 Å². The number of pyridine rings is 1. The van der Waals surface area contributed by atoms with E-state index in [4.69, 9.17) is 0 Å². The summed E-state index contributed by atoms with van der Waals surface area (Å²) in [5.41, 5.74) is 1.50. The Kier molecular flexibility index (Phi) is 3.97. The largest absolute Gasteiger partial charge is 0.347 e. The number of benzene rings is 2. The minimum atomic E-state index is -0.177. The van der Waals surface area contributed by atoms with Gasteiger partial charge in [-0.2, -0.15) is 0 Å². The number of carbonyl (C=O) groups is 1. The molecule has 0 saturated carbocycles. The number of nitrogens with one attached hydrogen (secondary N) is 1. The third kappa shape index (κ3) is 3.11. The summed E-state index contributed by atoms with van der Waals surface area (Å²) in [6.45, 7) is 0.481. The zero-order chi connectivity index (χ0) is 14.7. The second-order valence-corrected chi connectivity index (χ2v) is 5.48. The van der Waals surface area contributed by atoms with Gasteiger partial charge in [0, 0.05) is 6.54 Å². The van der Waals surface area contributed by atoms with Gasteiger partial charge in [-0.1, -0.05) is 48.5 Å². The fraction of sp³-hybridized carbons (Fsp3) is 0.0588. The normalized spacial score (nSPS) is 10.5. The first-order chi connectivity index (χ1) is 10.2. The number of nitrogens with zero attached hydrogens (tertiary/aromatic N) is 1. The van der Waals surface area contributed by atoms with Crippen molar-refractivity contribution in [2.75, 3.05) is 0 Å². The Bertz CT molecular complexity index is 796. The zero-order valence-electron chi connectivity index (χ0n) is 11.2. The summed E-state index contributed by atoms with van der Waals surface area (Å²) in [4.78, 5) is 16.3. The van der Waals surface area contributed by atoms with Crippen LogP contribution in [0, 0.1) is 0 Å². The highest BCUT2D eigenvalue weighted by molar-refractivity contribution is 9.10.